The molecule has 56 valence electrons. The molecule has 1 rings (SSSR count). The molecule has 0 aliphatic rings. The highest BCUT2D eigenvalue weighted by molar-refractivity contribution is 7.27. The third kappa shape index (κ3) is 1.60. The van der Waals surface area contributed by atoms with Gasteiger partial charge in [-0.3, -0.25) is 0 Å². The average Bonchev–Trinajstić information content (AvgIpc) is 2.11. The van der Waals surface area contributed by atoms with Gasteiger partial charge in [-0.1, -0.05) is 20.8 Å². The highest BCUT2D eigenvalue weighted by Crippen LogP contribution is 2.19. The first-order chi connectivity index (χ1) is 4.50. The van der Waals surface area contributed by atoms with Gasteiger partial charge in [0, 0.05) is 17.3 Å². The molecule has 0 aromatic carbocycles. The van der Waals surface area contributed by atoms with Gasteiger partial charge >= 0.3 is 0 Å². The van der Waals surface area contributed by atoms with E-state index in [4.69, 9.17) is 0 Å². The van der Waals surface area contributed by atoms with E-state index in [-0.39, 0.29) is 5.41 Å². The second-order valence-electron chi connectivity index (χ2n) is 3.60. The van der Waals surface area contributed by atoms with E-state index in [1.54, 1.807) is 0 Å². The Morgan fingerprint density at radius 2 is 2.00 bits per heavy atom. The normalized spacial score (nSPS) is 12.0. The molecule has 1 N–H and O–H groups in total. The molecular weight excluding hydrogens is 141 g/mol. The predicted molar refractivity (Wildman–Crippen MR) is 48.8 cm³/mol. The average molecular weight is 155 g/mol. The van der Waals surface area contributed by atoms with Crippen LogP contribution in [-0.2, 0) is 5.41 Å². The van der Waals surface area contributed by atoms with Crippen molar-refractivity contribution in [3.05, 3.63) is 18.0 Å². The lowest BCUT2D eigenvalue weighted by atomic mass is 9.93. The Hall–Kier alpha value is -0.290. The summed E-state index contributed by atoms with van der Waals surface area (Å²) in [6, 6.07) is 2.16. The molecule has 0 radical (unpaired) electrons. The number of rotatable bonds is 0. The second kappa shape index (κ2) is 2.39. The minimum absolute atomic E-state index is 0.245. The first kappa shape index (κ1) is 7.81. The fraction of sp³-hybridized carbons (Fsp3) is 0.500. The van der Waals surface area contributed by atoms with Gasteiger partial charge in [-0.25, -0.2) is 0 Å². The standard InChI is InChI=1S/C8H14NP/c1-8(2,3)7-4-6(10)5-9-7/h4-5,9H,10H2,1-3H3. The topological polar surface area (TPSA) is 15.8 Å². The molecule has 1 heterocycles. The number of hydrogen-bond acceptors (Lipinski definition) is 0. The first-order valence-corrected chi connectivity index (χ1v) is 4.02. The number of hydrogen-bond donors (Lipinski definition) is 1. The van der Waals surface area contributed by atoms with Crippen LogP contribution in [0.4, 0.5) is 0 Å². The van der Waals surface area contributed by atoms with Crippen LogP contribution in [0.3, 0.4) is 0 Å². The van der Waals surface area contributed by atoms with Gasteiger partial charge < -0.3 is 4.98 Å². The molecule has 1 aromatic heterocycles. The van der Waals surface area contributed by atoms with Crippen molar-refractivity contribution in [2.24, 2.45) is 0 Å². The molecule has 1 aromatic rings. The maximum atomic E-state index is 3.22. The molecule has 0 aliphatic carbocycles. The third-order valence-corrected chi connectivity index (χ3v) is 1.85. The van der Waals surface area contributed by atoms with Crippen molar-refractivity contribution in [2.75, 3.05) is 0 Å². The zero-order valence-corrected chi connectivity index (χ0v) is 7.89. The molecular formula is C8H14NP. The molecule has 10 heavy (non-hydrogen) atoms. The number of aromatic amines is 1. The Morgan fingerprint density at radius 1 is 1.40 bits per heavy atom. The molecule has 1 unspecified atom stereocenters. The van der Waals surface area contributed by atoms with E-state index in [9.17, 15) is 0 Å². The van der Waals surface area contributed by atoms with Gasteiger partial charge in [-0.05, 0) is 11.4 Å². The first-order valence-electron chi connectivity index (χ1n) is 3.44. The summed E-state index contributed by atoms with van der Waals surface area (Å²) in [4.78, 5) is 3.22. The molecule has 0 aliphatic heterocycles. The molecule has 0 saturated carbocycles. The van der Waals surface area contributed by atoms with Crippen LogP contribution in [0.1, 0.15) is 26.5 Å². The molecule has 1 atom stereocenters. The lowest BCUT2D eigenvalue weighted by Gasteiger charge is -2.15. The van der Waals surface area contributed by atoms with E-state index in [2.05, 4.69) is 41.1 Å². The summed E-state index contributed by atoms with van der Waals surface area (Å²) in [6.45, 7) is 6.59. The van der Waals surface area contributed by atoms with Crippen molar-refractivity contribution < 1.29 is 0 Å². The van der Waals surface area contributed by atoms with Gasteiger partial charge in [0.05, 0.1) is 0 Å². The minimum atomic E-state index is 0.245. The molecule has 0 amide bonds. The summed E-state index contributed by atoms with van der Waals surface area (Å²) in [5.74, 6) is 0. The minimum Gasteiger partial charge on any atom is -0.364 e. The van der Waals surface area contributed by atoms with Gasteiger partial charge in [0.25, 0.3) is 0 Å². The molecule has 0 fully saturated rings. The third-order valence-electron chi connectivity index (χ3n) is 1.51. The summed E-state index contributed by atoms with van der Waals surface area (Å²) < 4.78 is 0. The lowest BCUT2D eigenvalue weighted by molar-refractivity contribution is 0.573. The van der Waals surface area contributed by atoms with Crippen molar-refractivity contribution in [3.63, 3.8) is 0 Å². The second-order valence-corrected chi connectivity index (χ2v) is 4.26. The maximum Gasteiger partial charge on any atom is 0.0208 e. The maximum absolute atomic E-state index is 3.22. The highest BCUT2D eigenvalue weighted by atomic mass is 31.0. The number of H-pyrrole nitrogens is 1. The molecule has 1 nitrogen and oxygen atoms in total. The summed E-state index contributed by atoms with van der Waals surface area (Å²) in [5, 5.41) is 1.23. The zero-order chi connectivity index (χ0) is 7.78. The van der Waals surface area contributed by atoms with Gasteiger partial charge in [0.1, 0.15) is 0 Å². The van der Waals surface area contributed by atoms with Gasteiger partial charge in [-0.15, -0.1) is 9.24 Å². The van der Waals surface area contributed by atoms with E-state index < -0.39 is 0 Å². The molecule has 2 heteroatoms. The van der Waals surface area contributed by atoms with Gasteiger partial charge in [-0.2, -0.15) is 0 Å². The van der Waals surface area contributed by atoms with Crippen molar-refractivity contribution in [2.45, 2.75) is 26.2 Å². The van der Waals surface area contributed by atoms with E-state index in [1.807, 2.05) is 6.20 Å². The SMILES string of the molecule is CC(C)(C)c1cc(P)c[nH]1. The van der Waals surface area contributed by atoms with Crippen LogP contribution in [0.15, 0.2) is 12.3 Å². The Labute approximate surface area is 64.4 Å². The van der Waals surface area contributed by atoms with Crippen LogP contribution < -0.4 is 5.30 Å². The monoisotopic (exact) mass is 155 g/mol. The van der Waals surface area contributed by atoms with E-state index >= 15 is 0 Å². The molecule has 0 saturated heterocycles. The molecule has 0 spiro atoms. The fourth-order valence-corrected chi connectivity index (χ4v) is 1.09. The zero-order valence-electron chi connectivity index (χ0n) is 6.73. The Balaban J connectivity index is 2.96. The molecule has 0 bridgehead atoms. The summed E-state index contributed by atoms with van der Waals surface area (Å²) in [6.07, 6.45) is 2.01. The summed E-state index contributed by atoms with van der Waals surface area (Å²) >= 11 is 0. The Bertz CT molecular complexity index is 219. The lowest BCUT2D eigenvalue weighted by Crippen LogP contribution is -2.11. The Kier molecular flexibility index (Phi) is 1.87. The van der Waals surface area contributed by atoms with Crippen LogP contribution in [0.25, 0.3) is 0 Å². The van der Waals surface area contributed by atoms with E-state index in [0.717, 1.165) is 0 Å². The van der Waals surface area contributed by atoms with Crippen molar-refractivity contribution in [1.82, 2.24) is 4.98 Å². The highest BCUT2D eigenvalue weighted by Gasteiger charge is 2.14. The van der Waals surface area contributed by atoms with Crippen LogP contribution in [0.2, 0.25) is 0 Å². The number of aromatic nitrogens is 1. The van der Waals surface area contributed by atoms with Crippen molar-refractivity contribution in [1.29, 1.82) is 0 Å². The summed E-state index contributed by atoms with van der Waals surface area (Å²) in [5.41, 5.74) is 1.53. The van der Waals surface area contributed by atoms with Gasteiger partial charge in [0.15, 0.2) is 0 Å². The van der Waals surface area contributed by atoms with Gasteiger partial charge in [0.2, 0.25) is 0 Å². The quantitative estimate of drug-likeness (QED) is 0.550. The summed E-state index contributed by atoms with van der Waals surface area (Å²) in [7, 11) is 2.68. The van der Waals surface area contributed by atoms with Crippen molar-refractivity contribution >= 4 is 14.5 Å². The smallest absolute Gasteiger partial charge is 0.0208 e. The predicted octanol–water partition coefficient (Wildman–Crippen LogP) is 1.81. The van der Waals surface area contributed by atoms with Crippen LogP contribution in [0.5, 0.6) is 0 Å². The Morgan fingerprint density at radius 3 is 2.20 bits per heavy atom. The van der Waals surface area contributed by atoms with Crippen LogP contribution >= 0.6 is 9.24 Å². The van der Waals surface area contributed by atoms with Crippen molar-refractivity contribution in [3.8, 4) is 0 Å². The van der Waals surface area contributed by atoms with E-state index in [0.29, 0.717) is 0 Å². The van der Waals surface area contributed by atoms with Crippen LogP contribution in [-0.4, -0.2) is 4.98 Å². The number of nitrogens with one attached hydrogen (secondary N) is 1. The van der Waals surface area contributed by atoms with Crippen LogP contribution in [0, 0.1) is 0 Å². The fourth-order valence-electron chi connectivity index (χ4n) is 0.844. The van der Waals surface area contributed by atoms with E-state index in [1.165, 1.54) is 11.0 Å². The largest absolute Gasteiger partial charge is 0.364 e.